The van der Waals surface area contributed by atoms with Gasteiger partial charge in [0.1, 0.15) is 0 Å². The minimum Gasteiger partial charge on any atom is -0.318 e. The van der Waals surface area contributed by atoms with E-state index in [2.05, 4.69) is 18.1 Å². The molecule has 0 amide bonds. The molecular weight excluding hydrogens is 184 g/mol. The van der Waals surface area contributed by atoms with Crippen molar-refractivity contribution in [3.63, 3.8) is 0 Å². The Morgan fingerprint density at radius 1 is 1.69 bits per heavy atom. The van der Waals surface area contributed by atoms with Crippen molar-refractivity contribution in [2.75, 3.05) is 6.54 Å². The molecule has 4 heteroatoms. The number of fused-ring (bicyclic) bond motifs is 1. The van der Waals surface area contributed by atoms with Crippen molar-refractivity contribution in [2.24, 2.45) is 4.99 Å². The van der Waals surface area contributed by atoms with Crippen LogP contribution in [0.1, 0.15) is 20.3 Å². The molecule has 0 atom stereocenters. The van der Waals surface area contributed by atoms with Crippen LogP contribution in [-0.4, -0.2) is 31.8 Å². The van der Waals surface area contributed by atoms with Crippen LogP contribution in [-0.2, 0) is 9.98 Å². The van der Waals surface area contributed by atoms with E-state index in [4.69, 9.17) is 0 Å². The van der Waals surface area contributed by atoms with Gasteiger partial charge in [0, 0.05) is 27.3 Å². The summed E-state index contributed by atoms with van der Waals surface area (Å²) in [6.45, 7) is 4.80. The third-order valence-electron chi connectivity index (χ3n) is 2.27. The minimum absolute atomic E-state index is 0.690. The van der Waals surface area contributed by atoms with Crippen LogP contribution in [0.4, 0.5) is 0 Å². The minimum atomic E-state index is -0.991. The zero-order chi connectivity index (χ0) is 9.42. The van der Waals surface area contributed by atoms with Gasteiger partial charge < -0.3 is 4.90 Å². The normalized spacial score (nSPS) is 20.9. The number of hydrogen-bond donors (Lipinski definition) is 0. The fourth-order valence-corrected chi connectivity index (χ4v) is 2.51. The maximum atomic E-state index is 11.4. The van der Waals surface area contributed by atoms with Gasteiger partial charge in [-0.3, -0.25) is 0 Å². The first-order chi connectivity index (χ1) is 6.22. The molecule has 0 saturated heterocycles. The maximum absolute atomic E-state index is 11.4. The largest absolute Gasteiger partial charge is 0.318 e. The van der Waals surface area contributed by atoms with Gasteiger partial charge in [-0.1, -0.05) is 6.92 Å². The third-order valence-corrected chi connectivity index (χ3v) is 3.41. The smallest absolute Gasteiger partial charge is 0.216 e. The van der Waals surface area contributed by atoms with E-state index in [1.807, 2.05) is 11.8 Å². The number of rotatable bonds is 1. The molecule has 0 aromatic rings. The Balaban J connectivity index is 2.48. The molecule has 0 aliphatic carbocycles. The summed E-state index contributed by atoms with van der Waals surface area (Å²) in [7, 11) is -0.991. The number of aliphatic imine (C=N–C) groups is 1. The molecule has 0 aromatic carbocycles. The lowest BCUT2D eigenvalue weighted by atomic mass is 10.1. The van der Waals surface area contributed by atoms with Gasteiger partial charge in [0.15, 0.2) is 0 Å². The van der Waals surface area contributed by atoms with E-state index in [9.17, 15) is 4.21 Å². The first-order valence-electron chi connectivity index (χ1n) is 4.36. The van der Waals surface area contributed by atoms with E-state index in [0.29, 0.717) is 5.11 Å². The zero-order valence-electron chi connectivity index (χ0n) is 7.78. The molecule has 0 N–H and O–H groups in total. The molecule has 2 aliphatic heterocycles. The lowest BCUT2D eigenvalue weighted by Gasteiger charge is -2.20. The average Bonchev–Trinajstić information content (AvgIpc) is 2.47. The lowest BCUT2D eigenvalue weighted by Crippen LogP contribution is -2.27. The highest BCUT2D eigenvalue weighted by molar-refractivity contribution is 7.84. The summed E-state index contributed by atoms with van der Waals surface area (Å²) in [5.41, 5.74) is 2.23. The van der Waals surface area contributed by atoms with Crippen molar-refractivity contribution < 1.29 is 4.21 Å². The van der Waals surface area contributed by atoms with E-state index in [0.717, 1.165) is 18.7 Å². The summed E-state index contributed by atoms with van der Waals surface area (Å²) in [6, 6.07) is 0. The van der Waals surface area contributed by atoms with E-state index in [1.54, 1.807) is 5.37 Å². The summed E-state index contributed by atoms with van der Waals surface area (Å²) < 4.78 is 11.4. The standard InChI is InChI=1S/C9H12N2OS/c1-3-8-6-11-4-5-13(12)9(11)10-7(8)2/h5-6H,3-4H2,1-2H3. The van der Waals surface area contributed by atoms with Crippen molar-refractivity contribution in [1.29, 1.82) is 0 Å². The number of nitrogens with zero attached hydrogens (tertiary/aromatic N) is 2. The van der Waals surface area contributed by atoms with Gasteiger partial charge in [-0.15, -0.1) is 0 Å². The Morgan fingerprint density at radius 3 is 3.15 bits per heavy atom. The molecule has 70 valence electrons. The Hall–Kier alpha value is -1.03. The quantitative estimate of drug-likeness (QED) is 0.579. The first kappa shape index (κ1) is 8.56. The molecule has 2 aliphatic rings. The van der Waals surface area contributed by atoms with Crippen LogP contribution in [0.2, 0.25) is 0 Å². The highest BCUT2D eigenvalue weighted by atomic mass is 32.1. The summed E-state index contributed by atoms with van der Waals surface area (Å²) >= 11 is 0. The van der Waals surface area contributed by atoms with E-state index >= 15 is 0 Å². The fraction of sp³-hybridized carbons (Fsp3) is 0.444. The highest BCUT2D eigenvalue weighted by Gasteiger charge is 2.18. The first-order valence-corrected chi connectivity index (χ1v) is 5.57. The Labute approximate surface area is 79.4 Å². The van der Waals surface area contributed by atoms with E-state index < -0.39 is 9.98 Å². The van der Waals surface area contributed by atoms with Gasteiger partial charge in [-0.25, -0.2) is 9.20 Å². The molecule has 3 nitrogen and oxygen atoms in total. The molecule has 0 saturated carbocycles. The molecule has 0 radical (unpaired) electrons. The van der Waals surface area contributed by atoms with Crippen molar-refractivity contribution in [3.8, 4) is 0 Å². The Morgan fingerprint density at radius 2 is 2.46 bits per heavy atom. The second-order valence-corrected chi connectivity index (χ2v) is 4.40. The molecule has 2 heterocycles. The summed E-state index contributed by atoms with van der Waals surface area (Å²) in [5, 5.41) is 2.47. The van der Waals surface area contributed by atoms with Gasteiger partial charge in [-0.2, -0.15) is 0 Å². The van der Waals surface area contributed by atoms with Crippen LogP contribution >= 0.6 is 0 Å². The van der Waals surface area contributed by atoms with Gasteiger partial charge in [0.2, 0.25) is 5.11 Å². The molecule has 0 aromatic heterocycles. The summed E-state index contributed by atoms with van der Waals surface area (Å²) in [5.74, 6) is 0. The molecule has 2 rings (SSSR count). The van der Waals surface area contributed by atoms with Crippen LogP contribution in [0.15, 0.2) is 16.8 Å². The Bertz CT molecular complexity index is 442. The predicted octanol–water partition coefficient (Wildman–Crippen LogP) is 0.709. The van der Waals surface area contributed by atoms with Crippen LogP contribution in [0, 0.1) is 0 Å². The van der Waals surface area contributed by atoms with Crippen LogP contribution in [0.25, 0.3) is 0 Å². The van der Waals surface area contributed by atoms with Crippen LogP contribution in [0.3, 0.4) is 0 Å². The zero-order valence-corrected chi connectivity index (χ0v) is 8.60. The van der Waals surface area contributed by atoms with Crippen LogP contribution < -0.4 is 0 Å². The predicted molar refractivity (Wildman–Crippen MR) is 57.4 cm³/mol. The van der Waals surface area contributed by atoms with E-state index in [-0.39, 0.29) is 0 Å². The summed E-state index contributed by atoms with van der Waals surface area (Å²) in [6.07, 6.45) is 3.03. The van der Waals surface area contributed by atoms with Gasteiger partial charge >= 0.3 is 0 Å². The second kappa shape index (κ2) is 3.03. The van der Waals surface area contributed by atoms with Crippen molar-refractivity contribution in [1.82, 2.24) is 4.90 Å². The third kappa shape index (κ3) is 1.31. The monoisotopic (exact) mass is 196 g/mol. The fourth-order valence-electron chi connectivity index (χ4n) is 1.48. The summed E-state index contributed by atoms with van der Waals surface area (Å²) in [4.78, 5) is 6.30. The van der Waals surface area contributed by atoms with Gasteiger partial charge in [0.05, 0.1) is 6.54 Å². The van der Waals surface area contributed by atoms with Crippen LogP contribution in [0.5, 0.6) is 0 Å². The van der Waals surface area contributed by atoms with Crippen molar-refractivity contribution >= 4 is 26.2 Å². The molecule has 0 fully saturated rings. The SMILES string of the molecule is CCC1=CN2CC=S(=O)=C2N=C1C. The van der Waals surface area contributed by atoms with Gasteiger partial charge in [-0.05, 0) is 18.9 Å². The molecule has 0 spiro atoms. The topological polar surface area (TPSA) is 32.7 Å². The highest BCUT2D eigenvalue weighted by Crippen LogP contribution is 2.14. The average molecular weight is 196 g/mol. The Kier molecular flexibility index (Phi) is 2.00. The molecule has 13 heavy (non-hydrogen) atoms. The molecule has 0 bridgehead atoms. The second-order valence-electron chi connectivity index (χ2n) is 3.10. The van der Waals surface area contributed by atoms with Gasteiger partial charge in [0.25, 0.3) is 0 Å². The lowest BCUT2D eigenvalue weighted by molar-refractivity contribution is 0.644. The van der Waals surface area contributed by atoms with E-state index in [1.165, 1.54) is 5.57 Å². The van der Waals surface area contributed by atoms with Crippen molar-refractivity contribution in [3.05, 3.63) is 11.8 Å². The maximum Gasteiger partial charge on any atom is 0.216 e. The number of allylic oxidation sites excluding steroid dienone is 1. The van der Waals surface area contributed by atoms with Crippen molar-refractivity contribution in [2.45, 2.75) is 20.3 Å². The molecule has 0 unspecified atom stereocenters. The number of hydrogen-bond acceptors (Lipinski definition) is 3. The molecular formula is C9H12N2OS.